The van der Waals surface area contributed by atoms with Crippen LogP contribution in [-0.2, 0) is 0 Å². The van der Waals surface area contributed by atoms with E-state index < -0.39 is 0 Å². The van der Waals surface area contributed by atoms with Crippen molar-refractivity contribution in [2.45, 2.75) is 63.1 Å². The third-order valence-electron chi connectivity index (χ3n) is 3.27. The van der Waals surface area contributed by atoms with Crippen molar-refractivity contribution >= 4 is 11.8 Å². The number of thioether (sulfide) groups is 1. The minimum absolute atomic E-state index is 0.316. The Morgan fingerprint density at radius 1 is 1.18 bits per heavy atom. The standard InChI is InChI=1S/C15H25NS/c1-5-7-14(16)15(6-2)17-13-9-8-11(3)12(4)10-13/h8-10,14-15H,5-7,16H2,1-4H3. The van der Waals surface area contributed by atoms with E-state index in [1.807, 2.05) is 11.8 Å². The molecule has 0 aliphatic rings. The molecule has 1 nitrogen and oxygen atoms in total. The van der Waals surface area contributed by atoms with Crippen LogP contribution in [0, 0.1) is 13.8 Å². The molecule has 2 heteroatoms. The number of nitrogens with two attached hydrogens (primary N) is 1. The lowest BCUT2D eigenvalue weighted by Crippen LogP contribution is -2.31. The van der Waals surface area contributed by atoms with Crippen LogP contribution >= 0.6 is 11.8 Å². The number of hydrogen-bond donors (Lipinski definition) is 1. The van der Waals surface area contributed by atoms with Crippen molar-refractivity contribution in [2.24, 2.45) is 5.73 Å². The quantitative estimate of drug-likeness (QED) is 0.763. The summed E-state index contributed by atoms with van der Waals surface area (Å²) in [6.07, 6.45) is 3.43. The summed E-state index contributed by atoms with van der Waals surface area (Å²) in [5, 5.41) is 0.539. The van der Waals surface area contributed by atoms with E-state index in [4.69, 9.17) is 5.73 Å². The summed E-state index contributed by atoms with van der Waals surface area (Å²) in [6.45, 7) is 8.76. The molecule has 0 aromatic heterocycles. The maximum Gasteiger partial charge on any atom is 0.0243 e. The fourth-order valence-corrected chi connectivity index (χ4v) is 3.17. The van der Waals surface area contributed by atoms with E-state index in [0.717, 1.165) is 12.8 Å². The zero-order valence-corrected chi connectivity index (χ0v) is 12.3. The Kier molecular flexibility index (Phi) is 6.07. The summed E-state index contributed by atoms with van der Waals surface area (Å²) in [5.74, 6) is 0. The van der Waals surface area contributed by atoms with Crippen LogP contribution in [0.5, 0.6) is 0 Å². The lowest BCUT2D eigenvalue weighted by Gasteiger charge is -2.22. The zero-order chi connectivity index (χ0) is 12.8. The highest BCUT2D eigenvalue weighted by Crippen LogP contribution is 2.29. The topological polar surface area (TPSA) is 26.0 Å². The van der Waals surface area contributed by atoms with Crippen molar-refractivity contribution in [3.05, 3.63) is 29.3 Å². The summed E-state index contributed by atoms with van der Waals surface area (Å²) in [7, 11) is 0. The van der Waals surface area contributed by atoms with Gasteiger partial charge in [-0.25, -0.2) is 0 Å². The Morgan fingerprint density at radius 3 is 2.41 bits per heavy atom. The first-order valence-corrected chi connectivity index (χ1v) is 7.45. The Morgan fingerprint density at radius 2 is 1.88 bits per heavy atom. The average molecular weight is 251 g/mol. The Hall–Kier alpha value is -0.470. The van der Waals surface area contributed by atoms with Gasteiger partial charge in [0.05, 0.1) is 0 Å². The second-order valence-corrected chi connectivity index (χ2v) is 6.08. The van der Waals surface area contributed by atoms with Gasteiger partial charge in [0, 0.05) is 16.2 Å². The third-order valence-corrected chi connectivity index (χ3v) is 4.78. The van der Waals surface area contributed by atoms with Crippen LogP contribution in [0.1, 0.15) is 44.2 Å². The molecule has 1 aromatic rings. The van der Waals surface area contributed by atoms with Gasteiger partial charge in [0.25, 0.3) is 0 Å². The third kappa shape index (κ3) is 4.36. The van der Waals surface area contributed by atoms with Crippen LogP contribution in [0.15, 0.2) is 23.1 Å². The first-order chi connectivity index (χ1) is 8.08. The van der Waals surface area contributed by atoms with Gasteiger partial charge < -0.3 is 5.73 Å². The predicted molar refractivity (Wildman–Crippen MR) is 78.7 cm³/mol. The monoisotopic (exact) mass is 251 g/mol. The average Bonchev–Trinajstić information content (AvgIpc) is 2.30. The Balaban J connectivity index is 2.70. The van der Waals surface area contributed by atoms with Crippen molar-refractivity contribution in [3.8, 4) is 0 Å². The highest BCUT2D eigenvalue weighted by Gasteiger charge is 2.16. The van der Waals surface area contributed by atoms with E-state index in [1.54, 1.807) is 0 Å². The Bertz CT molecular complexity index is 349. The summed E-state index contributed by atoms with van der Waals surface area (Å²) in [4.78, 5) is 1.35. The first kappa shape index (κ1) is 14.6. The molecule has 0 fully saturated rings. The van der Waals surface area contributed by atoms with E-state index >= 15 is 0 Å². The maximum absolute atomic E-state index is 6.23. The van der Waals surface area contributed by atoms with Gasteiger partial charge in [-0.1, -0.05) is 26.3 Å². The molecule has 2 atom stereocenters. The van der Waals surface area contributed by atoms with Gasteiger partial charge in [-0.05, 0) is 49.9 Å². The highest BCUT2D eigenvalue weighted by atomic mass is 32.2. The van der Waals surface area contributed by atoms with E-state index in [2.05, 4.69) is 45.9 Å². The van der Waals surface area contributed by atoms with Gasteiger partial charge >= 0.3 is 0 Å². The van der Waals surface area contributed by atoms with Crippen LogP contribution < -0.4 is 5.73 Å². The molecular formula is C15H25NS. The van der Waals surface area contributed by atoms with Gasteiger partial charge in [0.1, 0.15) is 0 Å². The number of benzene rings is 1. The van der Waals surface area contributed by atoms with Gasteiger partial charge in [-0.2, -0.15) is 0 Å². The molecule has 0 heterocycles. The van der Waals surface area contributed by atoms with Crippen molar-refractivity contribution in [1.82, 2.24) is 0 Å². The van der Waals surface area contributed by atoms with Crippen LogP contribution in [0.4, 0.5) is 0 Å². The molecule has 0 saturated carbocycles. The molecule has 1 aromatic carbocycles. The molecule has 0 spiro atoms. The minimum atomic E-state index is 0.316. The molecule has 96 valence electrons. The van der Waals surface area contributed by atoms with Crippen molar-refractivity contribution in [3.63, 3.8) is 0 Å². The van der Waals surface area contributed by atoms with E-state index in [1.165, 1.54) is 22.4 Å². The van der Waals surface area contributed by atoms with Crippen molar-refractivity contribution in [2.75, 3.05) is 0 Å². The number of hydrogen-bond acceptors (Lipinski definition) is 2. The molecule has 0 aliphatic heterocycles. The van der Waals surface area contributed by atoms with Crippen LogP contribution in [0.25, 0.3) is 0 Å². The molecule has 0 radical (unpaired) electrons. The molecule has 0 aliphatic carbocycles. The fourth-order valence-electron chi connectivity index (χ4n) is 1.95. The normalized spacial score (nSPS) is 14.6. The van der Waals surface area contributed by atoms with Gasteiger partial charge in [0.2, 0.25) is 0 Å². The van der Waals surface area contributed by atoms with Gasteiger partial charge in [0.15, 0.2) is 0 Å². The SMILES string of the molecule is CCCC(N)C(CC)Sc1ccc(C)c(C)c1. The summed E-state index contributed by atoms with van der Waals surface area (Å²) < 4.78 is 0. The second kappa shape index (κ2) is 7.07. The first-order valence-electron chi connectivity index (χ1n) is 6.58. The van der Waals surface area contributed by atoms with Crippen LogP contribution in [0.2, 0.25) is 0 Å². The Labute approximate surface area is 110 Å². The lowest BCUT2D eigenvalue weighted by molar-refractivity contribution is 0.567. The molecule has 2 N–H and O–H groups in total. The molecular weight excluding hydrogens is 226 g/mol. The molecule has 0 bridgehead atoms. The van der Waals surface area contributed by atoms with Crippen LogP contribution in [-0.4, -0.2) is 11.3 Å². The van der Waals surface area contributed by atoms with Gasteiger partial charge in [-0.15, -0.1) is 11.8 Å². The summed E-state index contributed by atoms with van der Waals surface area (Å²) in [5.41, 5.74) is 8.96. The summed E-state index contributed by atoms with van der Waals surface area (Å²) >= 11 is 1.93. The molecule has 0 saturated heterocycles. The zero-order valence-electron chi connectivity index (χ0n) is 11.5. The van der Waals surface area contributed by atoms with E-state index in [0.29, 0.717) is 11.3 Å². The van der Waals surface area contributed by atoms with Crippen molar-refractivity contribution in [1.29, 1.82) is 0 Å². The smallest absolute Gasteiger partial charge is 0.0243 e. The van der Waals surface area contributed by atoms with Crippen molar-refractivity contribution < 1.29 is 0 Å². The molecule has 17 heavy (non-hydrogen) atoms. The van der Waals surface area contributed by atoms with E-state index in [9.17, 15) is 0 Å². The molecule has 0 amide bonds. The van der Waals surface area contributed by atoms with Crippen LogP contribution in [0.3, 0.4) is 0 Å². The largest absolute Gasteiger partial charge is 0.327 e. The lowest BCUT2D eigenvalue weighted by atomic mass is 10.1. The van der Waals surface area contributed by atoms with Gasteiger partial charge in [-0.3, -0.25) is 0 Å². The molecule has 2 unspecified atom stereocenters. The highest BCUT2D eigenvalue weighted by molar-refractivity contribution is 8.00. The summed E-state index contributed by atoms with van der Waals surface area (Å²) in [6, 6.07) is 7.02. The molecule has 1 rings (SSSR count). The number of rotatable bonds is 6. The minimum Gasteiger partial charge on any atom is -0.327 e. The fraction of sp³-hybridized carbons (Fsp3) is 0.600. The second-order valence-electron chi connectivity index (χ2n) is 4.76. The van der Waals surface area contributed by atoms with E-state index in [-0.39, 0.29) is 0 Å². The maximum atomic E-state index is 6.23. The predicted octanol–water partition coefficient (Wildman–Crippen LogP) is 4.30. The number of aryl methyl sites for hydroxylation is 2.